The van der Waals surface area contributed by atoms with Crippen LogP contribution in [-0.2, 0) is 9.59 Å². The summed E-state index contributed by atoms with van der Waals surface area (Å²) in [5.74, 6) is 0.613. The Bertz CT molecular complexity index is 332. The molecule has 0 aromatic rings. The van der Waals surface area contributed by atoms with E-state index in [1.54, 1.807) is 0 Å². The molecule has 1 heterocycles. The molecule has 2 saturated carbocycles. The van der Waals surface area contributed by atoms with E-state index in [1.807, 2.05) is 4.90 Å². The second-order valence-corrected chi connectivity index (χ2v) is 5.67. The third-order valence-electron chi connectivity index (χ3n) is 4.22. The van der Waals surface area contributed by atoms with Crippen LogP contribution in [0.5, 0.6) is 0 Å². The molecule has 3 fully saturated rings. The zero-order valence-electron chi connectivity index (χ0n) is 10.2. The van der Waals surface area contributed by atoms with Gasteiger partial charge in [-0.25, -0.2) is 0 Å². The predicted molar refractivity (Wildman–Crippen MR) is 63.2 cm³/mol. The Morgan fingerprint density at radius 3 is 2.53 bits per heavy atom. The van der Waals surface area contributed by atoms with Crippen LogP contribution in [-0.4, -0.2) is 35.3 Å². The molecule has 0 radical (unpaired) electrons. The Balaban J connectivity index is 1.52. The van der Waals surface area contributed by atoms with Crippen molar-refractivity contribution in [1.82, 2.24) is 10.2 Å². The van der Waals surface area contributed by atoms with Gasteiger partial charge in [0, 0.05) is 24.9 Å². The summed E-state index contributed by atoms with van der Waals surface area (Å²) in [4.78, 5) is 25.7. The Hall–Kier alpha value is -1.06. The van der Waals surface area contributed by atoms with E-state index in [2.05, 4.69) is 5.32 Å². The van der Waals surface area contributed by atoms with Crippen molar-refractivity contribution in [2.75, 3.05) is 6.54 Å². The third-order valence-corrected chi connectivity index (χ3v) is 4.22. The van der Waals surface area contributed by atoms with Crippen molar-refractivity contribution in [2.24, 2.45) is 5.92 Å². The lowest BCUT2D eigenvalue weighted by Gasteiger charge is -2.17. The van der Waals surface area contributed by atoms with Gasteiger partial charge < -0.3 is 10.2 Å². The van der Waals surface area contributed by atoms with Crippen LogP contribution in [0.15, 0.2) is 0 Å². The summed E-state index contributed by atoms with van der Waals surface area (Å²) in [7, 11) is 0. The maximum atomic E-state index is 12.0. The third kappa shape index (κ3) is 2.31. The van der Waals surface area contributed by atoms with Crippen LogP contribution in [0.4, 0.5) is 0 Å². The summed E-state index contributed by atoms with van der Waals surface area (Å²) in [6.45, 7) is 0.738. The second-order valence-electron chi connectivity index (χ2n) is 5.67. The Labute approximate surface area is 102 Å². The smallest absolute Gasteiger partial charge is 0.225 e. The number of carbonyl (C=O) groups excluding carboxylic acids is 2. The van der Waals surface area contributed by atoms with Crippen molar-refractivity contribution in [3.8, 4) is 0 Å². The molecule has 17 heavy (non-hydrogen) atoms. The van der Waals surface area contributed by atoms with E-state index in [0.29, 0.717) is 12.5 Å². The fraction of sp³-hybridized carbons (Fsp3) is 0.846. The average Bonchev–Trinajstić information content (AvgIpc) is 2.86. The number of amides is 2. The van der Waals surface area contributed by atoms with Crippen molar-refractivity contribution in [1.29, 1.82) is 0 Å². The molecule has 3 aliphatic rings. The number of carbonyl (C=O) groups is 2. The largest absolute Gasteiger partial charge is 0.351 e. The van der Waals surface area contributed by atoms with Gasteiger partial charge in [0.05, 0.1) is 6.04 Å². The number of nitrogens with zero attached hydrogens (tertiary/aromatic N) is 1. The van der Waals surface area contributed by atoms with Gasteiger partial charge in [0.1, 0.15) is 0 Å². The molecule has 4 heteroatoms. The first-order chi connectivity index (χ1) is 8.24. The van der Waals surface area contributed by atoms with Gasteiger partial charge in [0.25, 0.3) is 0 Å². The topological polar surface area (TPSA) is 49.4 Å². The van der Waals surface area contributed by atoms with Gasteiger partial charge in [0.15, 0.2) is 0 Å². The number of likely N-dealkylation sites (tertiary alicyclic amines) is 1. The first kappa shape index (κ1) is 11.1. The van der Waals surface area contributed by atoms with Gasteiger partial charge >= 0.3 is 0 Å². The molecule has 94 valence electrons. The maximum Gasteiger partial charge on any atom is 0.225 e. The molecule has 1 aliphatic heterocycles. The number of rotatable bonds is 3. The lowest BCUT2D eigenvalue weighted by Crippen LogP contribution is -2.40. The van der Waals surface area contributed by atoms with Crippen LogP contribution in [0.3, 0.4) is 0 Å². The van der Waals surface area contributed by atoms with E-state index in [4.69, 9.17) is 0 Å². The van der Waals surface area contributed by atoms with Crippen LogP contribution < -0.4 is 5.32 Å². The lowest BCUT2D eigenvalue weighted by molar-refractivity contribution is -0.128. The van der Waals surface area contributed by atoms with E-state index in [0.717, 1.165) is 32.2 Å². The van der Waals surface area contributed by atoms with Crippen molar-refractivity contribution >= 4 is 11.8 Å². The molecule has 1 saturated heterocycles. The van der Waals surface area contributed by atoms with Crippen LogP contribution >= 0.6 is 0 Å². The highest BCUT2D eigenvalue weighted by Gasteiger charge is 2.40. The Morgan fingerprint density at radius 1 is 1.18 bits per heavy atom. The van der Waals surface area contributed by atoms with Crippen LogP contribution in [0.25, 0.3) is 0 Å². The van der Waals surface area contributed by atoms with Gasteiger partial charge in [-0.05, 0) is 25.7 Å². The quantitative estimate of drug-likeness (QED) is 0.796. The fourth-order valence-electron chi connectivity index (χ4n) is 3.07. The zero-order chi connectivity index (χ0) is 11.8. The van der Waals surface area contributed by atoms with Gasteiger partial charge in [-0.3, -0.25) is 9.59 Å². The first-order valence-electron chi connectivity index (χ1n) is 6.84. The van der Waals surface area contributed by atoms with Crippen molar-refractivity contribution in [3.05, 3.63) is 0 Å². The minimum Gasteiger partial charge on any atom is -0.351 e. The second kappa shape index (κ2) is 4.31. The predicted octanol–water partition coefficient (Wildman–Crippen LogP) is 1.06. The highest BCUT2D eigenvalue weighted by Crippen LogP contribution is 2.31. The SMILES string of the molecule is O=C(NC1CC(=O)N(C2CC2)C1)C1CCCC1. The highest BCUT2D eigenvalue weighted by atomic mass is 16.2. The summed E-state index contributed by atoms with van der Waals surface area (Å²) in [6, 6.07) is 0.548. The van der Waals surface area contributed by atoms with Gasteiger partial charge in [-0.15, -0.1) is 0 Å². The number of hydrogen-bond acceptors (Lipinski definition) is 2. The molecule has 0 aromatic carbocycles. The van der Waals surface area contributed by atoms with E-state index in [1.165, 1.54) is 12.8 Å². The molecule has 0 aromatic heterocycles. The monoisotopic (exact) mass is 236 g/mol. The molecule has 1 unspecified atom stereocenters. The molecule has 1 atom stereocenters. The molecule has 2 aliphatic carbocycles. The molecule has 3 rings (SSSR count). The fourth-order valence-corrected chi connectivity index (χ4v) is 3.07. The molecular formula is C13H20N2O2. The van der Waals surface area contributed by atoms with Crippen LogP contribution in [0, 0.1) is 5.92 Å². The standard InChI is InChI=1S/C13H20N2O2/c16-12-7-10(8-15(12)11-5-6-11)14-13(17)9-3-1-2-4-9/h9-11H,1-8H2,(H,14,17). The lowest BCUT2D eigenvalue weighted by atomic mass is 10.1. The minimum atomic E-state index is 0.0659. The van der Waals surface area contributed by atoms with E-state index in [-0.39, 0.29) is 23.8 Å². The van der Waals surface area contributed by atoms with Crippen molar-refractivity contribution < 1.29 is 9.59 Å². The Morgan fingerprint density at radius 2 is 1.88 bits per heavy atom. The Kier molecular flexibility index (Phi) is 2.81. The molecule has 2 amide bonds. The minimum absolute atomic E-state index is 0.0659. The van der Waals surface area contributed by atoms with E-state index < -0.39 is 0 Å². The summed E-state index contributed by atoms with van der Waals surface area (Å²) in [5, 5.41) is 3.06. The van der Waals surface area contributed by atoms with Crippen molar-refractivity contribution in [3.63, 3.8) is 0 Å². The maximum absolute atomic E-state index is 12.0. The molecular weight excluding hydrogens is 216 g/mol. The van der Waals surface area contributed by atoms with Crippen molar-refractivity contribution in [2.45, 2.75) is 57.0 Å². The zero-order valence-corrected chi connectivity index (χ0v) is 10.2. The molecule has 1 N–H and O–H groups in total. The first-order valence-corrected chi connectivity index (χ1v) is 6.84. The normalized spacial score (nSPS) is 30.0. The van der Waals surface area contributed by atoms with Gasteiger partial charge in [-0.2, -0.15) is 0 Å². The molecule has 0 spiro atoms. The van der Waals surface area contributed by atoms with Crippen LogP contribution in [0.1, 0.15) is 44.9 Å². The molecule has 4 nitrogen and oxygen atoms in total. The highest BCUT2D eigenvalue weighted by molar-refractivity contribution is 5.83. The average molecular weight is 236 g/mol. The number of hydrogen-bond donors (Lipinski definition) is 1. The van der Waals surface area contributed by atoms with Gasteiger partial charge in [0.2, 0.25) is 11.8 Å². The summed E-state index contributed by atoms with van der Waals surface area (Å²) < 4.78 is 0. The summed E-state index contributed by atoms with van der Waals surface area (Å²) in [5.41, 5.74) is 0. The van der Waals surface area contributed by atoms with E-state index >= 15 is 0 Å². The number of nitrogens with one attached hydrogen (secondary N) is 1. The van der Waals surface area contributed by atoms with Gasteiger partial charge in [-0.1, -0.05) is 12.8 Å². The van der Waals surface area contributed by atoms with Crippen LogP contribution in [0.2, 0.25) is 0 Å². The summed E-state index contributed by atoms with van der Waals surface area (Å²) in [6.07, 6.45) is 7.21. The van der Waals surface area contributed by atoms with E-state index in [9.17, 15) is 9.59 Å². The summed E-state index contributed by atoms with van der Waals surface area (Å²) >= 11 is 0. The molecule has 0 bridgehead atoms.